The summed E-state index contributed by atoms with van der Waals surface area (Å²) in [5, 5.41) is 20.6. The Balaban J connectivity index is 0.743. The number of pyridine rings is 2. The number of esters is 1. The Morgan fingerprint density at radius 3 is 2.28 bits per heavy atom. The molecule has 76 heavy (non-hydrogen) atoms. The van der Waals surface area contributed by atoms with Crippen molar-refractivity contribution in [3.63, 3.8) is 0 Å². The Morgan fingerprint density at radius 2 is 1.61 bits per heavy atom. The van der Waals surface area contributed by atoms with Crippen molar-refractivity contribution >= 4 is 68.4 Å². The maximum absolute atomic E-state index is 14.4. The Morgan fingerprint density at radius 1 is 0.882 bits per heavy atom. The number of ether oxygens (including phenoxy) is 5. The maximum atomic E-state index is 14.4. The lowest BCUT2D eigenvalue weighted by atomic mass is 9.99. The van der Waals surface area contributed by atoms with Crippen molar-refractivity contribution in [1.29, 1.82) is 0 Å². The van der Waals surface area contributed by atoms with Gasteiger partial charge < -0.3 is 38.8 Å². The molecule has 7 heterocycles. The highest BCUT2D eigenvalue weighted by Gasteiger charge is 2.34. The van der Waals surface area contributed by atoms with Crippen LogP contribution in [0.25, 0.3) is 38.1 Å². The van der Waals surface area contributed by atoms with Gasteiger partial charge in [0, 0.05) is 46.4 Å². The molecule has 0 aliphatic carbocycles. The van der Waals surface area contributed by atoms with Gasteiger partial charge in [-0.15, -0.1) is 21.5 Å². The summed E-state index contributed by atoms with van der Waals surface area (Å²) in [7, 11) is 2.91. The lowest BCUT2D eigenvalue weighted by Crippen LogP contribution is -2.35. The lowest BCUT2D eigenvalue weighted by molar-refractivity contribution is -0.141. The largest absolute Gasteiger partial charge is 0.496 e. The predicted octanol–water partition coefficient (Wildman–Crippen LogP) is 6.60. The van der Waals surface area contributed by atoms with E-state index in [1.807, 2.05) is 81.7 Å². The molecule has 0 saturated carbocycles. The maximum Gasteiger partial charge on any atom is 0.330 e. The number of benzene rings is 2. The minimum Gasteiger partial charge on any atom is -0.496 e. The number of carbonyl (C=O) groups excluding carboxylic acids is 3. The first-order valence-corrected chi connectivity index (χ1v) is 25.7. The van der Waals surface area contributed by atoms with E-state index in [2.05, 4.69) is 31.0 Å². The van der Waals surface area contributed by atoms with Gasteiger partial charge in [-0.3, -0.25) is 43.0 Å². The first-order valence-electron chi connectivity index (χ1n) is 24.5. The number of thiophene rings is 1. The van der Waals surface area contributed by atoms with Crippen LogP contribution in [0.5, 0.6) is 5.75 Å². The first-order chi connectivity index (χ1) is 36.8. The molecular formula is C53H56ClN11O10S. The number of aliphatic imine (C=N–C) groups is 1. The van der Waals surface area contributed by atoms with E-state index in [1.165, 1.54) is 23.0 Å². The SMILES string of the molecule is COC(=O)C[C@@H]1N=C(c2ccc(Cl)cc2)c2c(sc(C(=O)NCCOCCOCCOCCNC(=O)Cn3c(=O)n([C@H](C)c4ccccn4)c4c5cc(OC)c(-c6c(C)noc6C)cc5ncc43)c2C)-n2c(C)nnc21. The molecule has 2 N–H and O–H groups in total. The van der Waals surface area contributed by atoms with Crippen molar-refractivity contribution in [1.82, 2.24) is 49.7 Å². The lowest BCUT2D eigenvalue weighted by Gasteiger charge is -2.15. The summed E-state index contributed by atoms with van der Waals surface area (Å²) in [6.07, 6.45) is 3.24. The summed E-state index contributed by atoms with van der Waals surface area (Å²) in [5.41, 5.74) is 7.01. The summed E-state index contributed by atoms with van der Waals surface area (Å²) in [4.78, 5) is 68.8. The third kappa shape index (κ3) is 10.9. The molecule has 2 amide bonds. The number of imidazole rings is 1. The zero-order valence-electron chi connectivity index (χ0n) is 43.0. The Labute approximate surface area is 445 Å². The van der Waals surface area contributed by atoms with Crippen LogP contribution in [0, 0.1) is 27.7 Å². The monoisotopic (exact) mass is 1070 g/mol. The van der Waals surface area contributed by atoms with Crippen molar-refractivity contribution in [3.8, 4) is 21.9 Å². The number of nitrogens with one attached hydrogen (secondary N) is 2. The molecule has 2 atom stereocenters. The van der Waals surface area contributed by atoms with E-state index in [-0.39, 0.29) is 57.7 Å². The molecule has 23 heteroatoms. The fraction of sp³-hybridized carbons (Fsp3) is 0.358. The Bertz CT molecular complexity index is 3510. The third-order valence-corrected chi connectivity index (χ3v) is 14.5. The van der Waals surface area contributed by atoms with Crippen LogP contribution < -0.4 is 21.1 Å². The van der Waals surface area contributed by atoms with Crippen LogP contribution in [0.3, 0.4) is 0 Å². The second-order valence-electron chi connectivity index (χ2n) is 17.8. The van der Waals surface area contributed by atoms with Crippen LogP contribution in [0.15, 0.2) is 81.3 Å². The van der Waals surface area contributed by atoms with Crippen molar-refractivity contribution in [2.24, 2.45) is 4.99 Å². The number of rotatable bonds is 22. The summed E-state index contributed by atoms with van der Waals surface area (Å²) in [5.74, 6) is 1.13. The number of carbonyl (C=O) groups is 3. The minimum absolute atomic E-state index is 0.0485. The fourth-order valence-corrected chi connectivity index (χ4v) is 10.7. The van der Waals surface area contributed by atoms with E-state index in [0.29, 0.717) is 102 Å². The van der Waals surface area contributed by atoms with Gasteiger partial charge in [0.25, 0.3) is 5.91 Å². The standard InChI is InChI=1S/C53H56ClN11O10S/c1-29-45-47(34-11-13-35(54)14-12-34)59-40(26-44(67)71-7)50-61-60-33(5)65(50)52(45)76-49(29)51(68)57-17-19-73-21-23-74-22-20-72-18-16-56-43(66)28-63-41-27-58-39-24-37(46-30(2)62-75-32(46)4)42(70-6)25-36(39)48(41)64(53(63)69)31(3)38-10-8-9-15-55-38/h8-15,24-25,27,31,40H,16-23,26,28H2,1-7H3,(H,56,66)(H,57,68)/t31-,40+/m1/s1. The second-order valence-corrected chi connectivity index (χ2v) is 19.3. The van der Waals surface area contributed by atoms with E-state index in [1.54, 1.807) is 36.2 Å². The topological polar surface area (TPSA) is 243 Å². The summed E-state index contributed by atoms with van der Waals surface area (Å²) >= 11 is 7.53. The van der Waals surface area contributed by atoms with Crippen LogP contribution in [0.1, 0.15) is 80.6 Å². The van der Waals surface area contributed by atoms with Gasteiger partial charge in [0.1, 0.15) is 34.9 Å². The van der Waals surface area contributed by atoms with Crippen LogP contribution in [0.4, 0.5) is 0 Å². The Kier molecular flexibility index (Phi) is 16.5. The number of aryl methyl sites for hydroxylation is 3. The highest BCUT2D eigenvalue weighted by molar-refractivity contribution is 7.17. The van der Waals surface area contributed by atoms with Crippen LogP contribution in [-0.2, 0) is 35.1 Å². The minimum atomic E-state index is -0.684. The van der Waals surface area contributed by atoms with Gasteiger partial charge in [-0.05, 0) is 76.6 Å². The highest BCUT2D eigenvalue weighted by atomic mass is 35.5. The normalized spacial score (nSPS) is 13.5. The number of aromatic nitrogens is 8. The number of nitrogens with zero attached hydrogens (tertiary/aromatic N) is 9. The number of hydrogen-bond acceptors (Lipinski definition) is 17. The number of methoxy groups -OCH3 is 2. The van der Waals surface area contributed by atoms with Crippen LogP contribution in [-0.4, -0.2) is 129 Å². The molecular weight excluding hydrogens is 1020 g/mol. The van der Waals surface area contributed by atoms with E-state index in [9.17, 15) is 19.2 Å². The first kappa shape index (κ1) is 53.2. The molecule has 1 aliphatic rings. The Hall–Kier alpha value is -7.63. The summed E-state index contributed by atoms with van der Waals surface area (Å²) in [6.45, 7) is 11.1. The molecule has 0 fully saturated rings. The quantitative estimate of drug-likeness (QED) is 0.0537. The van der Waals surface area contributed by atoms with Crippen molar-refractivity contribution in [3.05, 3.63) is 133 Å². The number of amides is 2. The molecule has 0 unspecified atom stereocenters. The van der Waals surface area contributed by atoms with Gasteiger partial charge in [0.05, 0.1) is 117 Å². The summed E-state index contributed by atoms with van der Waals surface area (Å²) in [6, 6.07) is 15.3. The number of halogens is 1. The molecule has 0 saturated heterocycles. The van der Waals surface area contributed by atoms with Crippen molar-refractivity contribution < 1.29 is 42.6 Å². The van der Waals surface area contributed by atoms with Crippen LogP contribution >= 0.6 is 22.9 Å². The number of hydrogen-bond donors (Lipinski definition) is 2. The van der Waals surface area contributed by atoms with E-state index < -0.39 is 23.7 Å². The van der Waals surface area contributed by atoms with Crippen molar-refractivity contribution in [2.45, 2.75) is 59.7 Å². The fourth-order valence-electron chi connectivity index (χ4n) is 9.27. The van der Waals surface area contributed by atoms with E-state index in [4.69, 9.17) is 49.8 Å². The van der Waals surface area contributed by atoms with Gasteiger partial charge in [0.2, 0.25) is 5.91 Å². The van der Waals surface area contributed by atoms with E-state index >= 15 is 0 Å². The van der Waals surface area contributed by atoms with Gasteiger partial charge in [-0.25, -0.2) is 4.79 Å². The third-order valence-electron chi connectivity index (χ3n) is 13.0. The van der Waals surface area contributed by atoms with Crippen molar-refractivity contribution in [2.75, 3.05) is 67.0 Å². The summed E-state index contributed by atoms with van der Waals surface area (Å²) < 4.78 is 38.3. The van der Waals surface area contributed by atoms with Crippen LogP contribution in [0.2, 0.25) is 5.02 Å². The molecule has 9 rings (SSSR count). The molecule has 1 aliphatic heterocycles. The van der Waals surface area contributed by atoms with Gasteiger partial charge >= 0.3 is 11.7 Å². The zero-order valence-corrected chi connectivity index (χ0v) is 44.5. The predicted molar refractivity (Wildman–Crippen MR) is 284 cm³/mol. The van der Waals surface area contributed by atoms with Gasteiger partial charge in [-0.1, -0.05) is 35.0 Å². The molecule has 21 nitrogen and oxygen atoms in total. The number of fused-ring (bicyclic) bond motifs is 6. The zero-order chi connectivity index (χ0) is 53.6. The van der Waals surface area contributed by atoms with E-state index in [0.717, 1.165) is 22.3 Å². The van der Waals surface area contributed by atoms with Gasteiger partial charge in [-0.2, -0.15) is 0 Å². The molecule has 2 aromatic carbocycles. The molecule has 8 aromatic rings. The average molecular weight is 1070 g/mol. The van der Waals surface area contributed by atoms with Gasteiger partial charge in [0.15, 0.2) is 5.82 Å². The molecule has 0 radical (unpaired) electrons. The highest BCUT2D eigenvalue weighted by Crippen LogP contribution is 2.41. The average Bonchev–Trinajstić information content (AvgIpc) is 4.15. The molecule has 0 spiro atoms. The molecule has 6 aromatic heterocycles. The molecule has 0 bridgehead atoms. The second kappa shape index (κ2) is 23.5. The molecule has 396 valence electrons. The smallest absolute Gasteiger partial charge is 0.330 e.